The lowest BCUT2D eigenvalue weighted by atomic mass is 10.1. The smallest absolute Gasteiger partial charge is 0.132 e. The third kappa shape index (κ3) is 5.75. The van der Waals surface area contributed by atoms with Crippen molar-refractivity contribution in [2.75, 3.05) is 26.2 Å². The summed E-state index contributed by atoms with van der Waals surface area (Å²) in [6.07, 6.45) is 3.35. The lowest BCUT2D eigenvalue weighted by Gasteiger charge is -2.28. The first-order valence-corrected chi connectivity index (χ1v) is 9.98. The molecule has 2 heterocycles. The summed E-state index contributed by atoms with van der Waals surface area (Å²) in [5.74, 6) is -0.255. The monoisotopic (exact) mass is 394 g/mol. The fourth-order valence-electron chi connectivity index (χ4n) is 3.53. The van der Waals surface area contributed by atoms with Gasteiger partial charge in [0.2, 0.25) is 0 Å². The number of β-amino-alcohol motifs (C(OH)–C–C–N with tert-alkyl or cyclic N) is 1. The van der Waals surface area contributed by atoms with E-state index < -0.39 is 6.10 Å². The van der Waals surface area contributed by atoms with Crippen molar-refractivity contribution in [2.45, 2.75) is 45.4 Å². The highest BCUT2D eigenvalue weighted by atomic mass is 35.5. The highest BCUT2D eigenvalue weighted by Crippen LogP contribution is 2.21. The van der Waals surface area contributed by atoms with Crippen LogP contribution < -0.4 is 5.32 Å². The quantitative estimate of drug-likeness (QED) is 0.722. The number of piperidine rings is 1. The molecule has 1 saturated heterocycles. The van der Waals surface area contributed by atoms with Gasteiger partial charge in [0.15, 0.2) is 0 Å². The molecule has 0 spiro atoms. The number of benzene rings is 1. The van der Waals surface area contributed by atoms with Crippen LogP contribution in [0.15, 0.2) is 24.3 Å². The fraction of sp³-hybridized carbons (Fsp3) is 0.550. The minimum absolute atomic E-state index is 0.255. The Morgan fingerprint density at radius 1 is 1.22 bits per heavy atom. The first kappa shape index (κ1) is 20.3. The van der Waals surface area contributed by atoms with Crippen molar-refractivity contribution in [2.24, 2.45) is 0 Å². The van der Waals surface area contributed by atoms with Crippen molar-refractivity contribution in [1.29, 1.82) is 0 Å². The molecule has 1 unspecified atom stereocenters. The summed E-state index contributed by atoms with van der Waals surface area (Å²) in [6.45, 7) is 6.38. The van der Waals surface area contributed by atoms with E-state index in [4.69, 9.17) is 11.6 Å². The average molecular weight is 395 g/mol. The minimum atomic E-state index is -0.392. The van der Waals surface area contributed by atoms with Crippen molar-refractivity contribution in [3.8, 4) is 0 Å². The van der Waals surface area contributed by atoms with Gasteiger partial charge in [-0.1, -0.05) is 30.2 Å². The predicted octanol–water partition coefficient (Wildman–Crippen LogP) is 2.97. The summed E-state index contributed by atoms with van der Waals surface area (Å²) in [5, 5.41) is 18.6. The van der Waals surface area contributed by atoms with Crippen LogP contribution in [0.1, 0.15) is 36.1 Å². The number of likely N-dealkylation sites (tertiary alicyclic amines) is 1. The second-order valence-corrected chi connectivity index (χ2v) is 7.64. The van der Waals surface area contributed by atoms with Gasteiger partial charge in [0.05, 0.1) is 18.3 Å². The first-order valence-electron chi connectivity index (χ1n) is 9.60. The van der Waals surface area contributed by atoms with Crippen LogP contribution in [0.25, 0.3) is 0 Å². The number of aromatic nitrogens is 2. The van der Waals surface area contributed by atoms with Gasteiger partial charge in [-0.3, -0.25) is 0 Å². The molecule has 0 saturated carbocycles. The molecule has 0 radical (unpaired) electrons. The molecule has 7 heteroatoms. The molecule has 27 heavy (non-hydrogen) atoms. The maximum Gasteiger partial charge on any atom is 0.132 e. The Labute approximate surface area is 165 Å². The van der Waals surface area contributed by atoms with E-state index in [0.29, 0.717) is 31.3 Å². The molecular weight excluding hydrogens is 367 g/mol. The van der Waals surface area contributed by atoms with E-state index in [9.17, 15) is 9.50 Å². The van der Waals surface area contributed by atoms with Crippen molar-refractivity contribution in [3.05, 3.63) is 52.1 Å². The number of rotatable bonds is 8. The van der Waals surface area contributed by atoms with Crippen molar-refractivity contribution < 1.29 is 9.50 Å². The molecule has 1 aromatic carbocycles. The van der Waals surface area contributed by atoms with Crippen molar-refractivity contribution >= 4 is 11.6 Å². The predicted molar refractivity (Wildman–Crippen MR) is 105 cm³/mol. The Morgan fingerprint density at radius 2 is 1.93 bits per heavy atom. The zero-order valence-electron chi connectivity index (χ0n) is 15.8. The Kier molecular flexibility index (Phi) is 7.24. The molecule has 1 atom stereocenters. The van der Waals surface area contributed by atoms with Crippen LogP contribution >= 0.6 is 11.6 Å². The molecule has 0 amide bonds. The summed E-state index contributed by atoms with van der Waals surface area (Å²) in [7, 11) is 0. The topological polar surface area (TPSA) is 53.3 Å². The van der Waals surface area contributed by atoms with E-state index >= 15 is 0 Å². The van der Waals surface area contributed by atoms with Gasteiger partial charge in [-0.25, -0.2) is 9.07 Å². The van der Waals surface area contributed by atoms with Gasteiger partial charge in [-0.05, 0) is 50.6 Å². The number of nitrogens with one attached hydrogen (secondary N) is 1. The standard InChI is InChI=1S/C20H28ClFN4O/c1-15-19(12-23-11-18(27)14-25-9-3-2-4-10-25)20(21)26(24-15)13-16-5-7-17(22)8-6-16/h5-8,18,23,27H,2-4,9-14H2,1H3. The normalized spacial score (nSPS) is 16.6. The summed E-state index contributed by atoms with van der Waals surface area (Å²) < 4.78 is 14.8. The van der Waals surface area contributed by atoms with E-state index in [1.807, 2.05) is 6.92 Å². The zero-order chi connectivity index (χ0) is 19.2. The van der Waals surface area contributed by atoms with Gasteiger partial charge in [0.25, 0.3) is 0 Å². The van der Waals surface area contributed by atoms with E-state index in [1.54, 1.807) is 16.8 Å². The van der Waals surface area contributed by atoms with Crippen molar-refractivity contribution in [1.82, 2.24) is 20.0 Å². The molecule has 1 fully saturated rings. The lowest BCUT2D eigenvalue weighted by molar-refractivity contribution is 0.1000. The summed E-state index contributed by atoms with van der Waals surface area (Å²) in [5.41, 5.74) is 2.74. The molecule has 0 aliphatic carbocycles. The Morgan fingerprint density at radius 3 is 2.63 bits per heavy atom. The third-order valence-corrected chi connectivity index (χ3v) is 5.45. The van der Waals surface area contributed by atoms with Gasteiger partial charge in [-0.15, -0.1) is 0 Å². The number of hydrogen-bond donors (Lipinski definition) is 2. The molecule has 2 N–H and O–H groups in total. The second-order valence-electron chi connectivity index (χ2n) is 7.28. The van der Waals surface area contributed by atoms with Crippen LogP contribution in [0.5, 0.6) is 0 Å². The summed E-state index contributed by atoms with van der Waals surface area (Å²) in [6, 6.07) is 6.34. The Hall–Kier alpha value is -1.47. The van der Waals surface area contributed by atoms with Gasteiger partial charge in [0, 0.05) is 25.2 Å². The molecule has 1 aliphatic heterocycles. The fourth-order valence-corrected chi connectivity index (χ4v) is 3.83. The van der Waals surface area contributed by atoms with Gasteiger partial charge in [-0.2, -0.15) is 5.10 Å². The maximum absolute atomic E-state index is 13.0. The largest absolute Gasteiger partial charge is 0.390 e. The number of hydrogen-bond acceptors (Lipinski definition) is 4. The lowest BCUT2D eigenvalue weighted by Crippen LogP contribution is -2.40. The second kappa shape index (κ2) is 9.64. The van der Waals surface area contributed by atoms with Gasteiger partial charge < -0.3 is 15.3 Å². The summed E-state index contributed by atoms with van der Waals surface area (Å²) in [4.78, 5) is 2.33. The average Bonchev–Trinajstić information content (AvgIpc) is 2.92. The minimum Gasteiger partial charge on any atom is -0.390 e. The Balaban J connectivity index is 1.51. The first-order chi connectivity index (χ1) is 13.0. The van der Waals surface area contributed by atoms with Crippen LogP contribution in [0.2, 0.25) is 5.15 Å². The van der Waals surface area contributed by atoms with Crippen LogP contribution in [-0.2, 0) is 13.1 Å². The molecular formula is C20H28ClFN4O. The Bertz CT molecular complexity index is 728. The van der Waals surface area contributed by atoms with E-state index in [1.165, 1.54) is 31.4 Å². The molecule has 1 aliphatic rings. The molecule has 0 bridgehead atoms. The number of aliphatic hydroxyl groups excluding tert-OH is 1. The van der Waals surface area contributed by atoms with Crippen LogP contribution in [0.4, 0.5) is 4.39 Å². The molecule has 5 nitrogen and oxygen atoms in total. The number of halogens is 2. The number of aliphatic hydroxyl groups is 1. The van der Waals surface area contributed by atoms with Crippen molar-refractivity contribution in [3.63, 3.8) is 0 Å². The highest BCUT2D eigenvalue weighted by Gasteiger charge is 2.16. The zero-order valence-corrected chi connectivity index (χ0v) is 16.6. The van der Waals surface area contributed by atoms with Crippen LogP contribution in [0.3, 0.4) is 0 Å². The summed E-state index contributed by atoms with van der Waals surface area (Å²) >= 11 is 6.50. The SMILES string of the molecule is Cc1nn(Cc2ccc(F)cc2)c(Cl)c1CNCC(O)CN1CCCCC1. The molecule has 2 aromatic rings. The van der Waals surface area contributed by atoms with Crippen LogP contribution in [0, 0.1) is 12.7 Å². The molecule has 1 aromatic heterocycles. The van der Waals surface area contributed by atoms with E-state index in [-0.39, 0.29) is 5.82 Å². The molecule has 148 valence electrons. The van der Waals surface area contributed by atoms with E-state index in [0.717, 1.165) is 29.9 Å². The maximum atomic E-state index is 13.0. The van der Waals surface area contributed by atoms with Crippen LogP contribution in [-0.4, -0.2) is 52.1 Å². The molecule has 3 rings (SSSR count). The number of aryl methyl sites for hydroxylation is 1. The third-order valence-electron chi connectivity index (χ3n) is 5.03. The highest BCUT2D eigenvalue weighted by molar-refractivity contribution is 6.30. The van der Waals surface area contributed by atoms with Gasteiger partial charge in [0.1, 0.15) is 11.0 Å². The van der Waals surface area contributed by atoms with Gasteiger partial charge >= 0.3 is 0 Å². The number of nitrogens with zero attached hydrogens (tertiary/aromatic N) is 3. The van der Waals surface area contributed by atoms with E-state index in [2.05, 4.69) is 15.3 Å².